The molecule has 0 spiro atoms. The molecule has 0 bridgehead atoms. The zero-order valence-corrected chi connectivity index (χ0v) is 8.22. The van der Waals surface area contributed by atoms with Gasteiger partial charge in [0.05, 0.1) is 0 Å². The second-order valence-electron chi connectivity index (χ2n) is 2.92. The second kappa shape index (κ2) is 5.52. The van der Waals surface area contributed by atoms with Gasteiger partial charge < -0.3 is 9.64 Å². The van der Waals surface area contributed by atoms with Gasteiger partial charge in [-0.2, -0.15) is 0 Å². The average Bonchev–Trinajstić information content (AvgIpc) is 1.98. The van der Waals surface area contributed by atoms with Crippen LogP contribution in [0.25, 0.3) is 0 Å². The second-order valence-corrected chi connectivity index (χ2v) is 2.92. The van der Waals surface area contributed by atoms with E-state index in [4.69, 9.17) is 4.74 Å². The van der Waals surface area contributed by atoms with Crippen LogP contribution in [0.5, 0.6) is 0 Å². The Morgan fingerprint density at radius 2 is 2.00 bits per heavy atom. The van der Waals surface area contributed by atoms with Gasteiger partial charge in [-0.1, -0.05) is 6.92 Å². The molecule has 3 nitrogen and oxygen atoms in total. The third-order valence-electron chi connectivity index (χ3n) is 1.91. The summed E-state index contributed by atoms with van der Waals surface area (Å²) in [5, 5.41) is 3.25. The van der Waals surface area contributed by atoms with Gasteiger partial charge >= 0.3 is 0 Å². The van der Waals surface area contributed by atoms with Crippen molar-refractivity contribution in [3.05, 3.63) is 0 Å². The normalized spacial score (nSPS) is 16.9. The maximum atomic E-state index is 5.26. The van der Waals surface area contributed by atoms with Crippen molar-refractivity contribution in [3.8, 4) is 0 Å². The standard InChI is InChI=1S/C8H20N2O/c1-6-9-8(11-5)7(2)10(3)4/h7-9H,6H2,1-5H3. The van der Waals surface area contributed by atoms with Crippen LogP contribution in [0.1, 0.15) is 13.8 Å². The molecule has 68 valence electrons. The summed E-state index contributed by atoms with van der Waals surface area (Å²) in [5.74, 6) is 0. The fourth-order valence-electron chi connectivity index (χ4n) is 0.923. The molecular weight excluding hydrogens is 140 g/mol. The molecule has 0 saturated heterocycles. The third kappa shape index (κ3) is 3.70. The summed E-state index contributed by atoms with van der Waals surface area (Å²) >= 11 is 0. The Morgan fingerprint density at radius 1 is 1.45 bits per heavy atom. The van der Waals surface area contributed by atoms with Crippen molar-refractivity contribution in [1.29, 1.82) is 0 Å². The van der Waals surface area contributed by atoms with Crippen molar-refractivity contribution in [1.82, 2.24) is 10.2 Å². The Balaban J connectivity index is 3.81. The van der Waals surface area contributed by atoms with E-state index in [1.54, 1.807) is 7.11 Å². The maximum absolute atomic E-state index is 5.26. The maximum Gasteiger partial charge on any atom is 0.123 e. The molecule has 0 aliphatic carbocycles. The minimum absolute atomic E-state index is 0.134. The quantitative estimate of drug-likeness (QED) is 0.593. The predicted octanol–water partition coefficient (Wildman–Crippen LogP) is 0.519. The van der Waals surface area contributed by atoms with Crippen molar-refractivity contribution in [3.63, 3.8) is 0 Å². The van der Waals surface area contributed by atoms with E-state index in [-0.39, 0.29) is 6.23 Å². The molecule has 0 saturated carbocycles. The van der Waals surface area contributed by atoms with Crippen LogP contribution >= 0.6 is 0 Å². The van der Waals surface area contributed by atoms with Crippen LogP contribution in [0.2, 0.25) is 0 Å². The SMILES string of the molecule is CCNC(OC)C(C)N(C)C. The Bertz CT molecular complexity index is 96.1. The molecule has 0 aromatic heterocycles. The highest BCUT2D eigenvalue weighted by atomic mass is 16.5. The van der Waals surface area contributed by atoms with Gasteiger partial charge in [0.2, 0.25) is 0 Å². The van der Waals surface area contributed by atoms with E-state index in [1.165, 1.54) is 0 Å². The summed E-state index contributed by atoms with van der Waals surface area (Å²) in [4.78, 5) is 2.14. The van der Waals surface area contributed by atoms with E-state index in [9.17, 15) is 0 Å². The summed E-state index contributed by atoms with van der Waals surface area (Å²) in [6, 6.07) is 0.403. The van der Waals surface area contributed by atoms with E-state index >= 15 is 0 Å². The molecule has 0 aliphatic rings. The molecule has 11 heavy (non-hydrogen) atoms. The molecule has 1 N–H and O–H groups in total. The zero-order chi connectivity index (χ0) is 8.85. The molecular formula is C8H20N2O. The topological polar surface area (TPSA) is 24.5 Å². The van der Waals surface area contributed by atoms with Gasteiger partial charge in [-0.15, -0.1) is 0 Å². The number of nitrogens with zero attached hydrogens (tertiary/aromatic N) is 1. The van der Waals surface area contributed by atoms with E-state index < -0.39 is 0 Å². The molecule has 2 unspecified atom stereocenters. The van der Waals surface area contributed by atoms with Crippen LogP contribution in [0.15, 0.2) is 0 Å². The number of hydrogen-bond acceptors (Lipinski definition) is 3. The van der Waals surface area contributed by atoms with E-state index in [1.807, 2.05) is 14.1 Å². The Hall–Kier alpha value is -0.120. The molecule has 0 rings (SSSR count). The van der Waals surface area contributed by atoms with Crippen molar-refractivity contribution in [2.24, 2.45) is 0 Å². The van der Waals surface area contributed by atoms with Crippen molar-refractivity contribution in [2.75, 3.05) is 27.7 Å². The van der Waals surface area contributed by atoms with Crippen LogP contribution in [-0.4, -0.2) is 44.9 Å². The monoisotopic (exact) mass is 160 g/mol. The van der Waals surface area contributed by atoms with Crippen molar-refractivity contribution in [2.45, 2.75) is 26.1 Å². The minimum atomic E-state index is 0.134. The highest BCUT2D eigenvalue weighted by Gasteiger charge is 2.16. The minimum Gasteiger partial charge on any atom is -0.365 e. The van der Waals surface area contributed by atoms with Crippen molar-refractivity contribution < 1.29 is 4.74 Å². The largest absolute Gasteiger partial charge is 0.365 e. The lowest BCUT2D eigenvalue weighted by Gasteiger charge is -2.28. The van der Waals surface area contributed by atoms with Crippen LogP contribution < -0.4 is 5.32 Å². The van der Waals surface area contributed by atoms with Gasteiger partial charge in [-0.25, -0.2) is 0 Å². The molecule has 0 radical (unpaired) electrons. The Kier molecular flexibility index (Phi) is 5.46. The molecule has 0 fully saturated rings. The number of hydrogen-bond donors (Lipinski definition) is 1. The van der Waals surface area contributed by atoms with Crippen LogP contribution in [0.4, 0.5) is 0 Å². The number of likely N-dealkylation sites (N-methyl/N-ethyl adjacent to an activating group) is 2. The van der Waals surface area contributed by atoms with Crippen LogP contribution in [-0.2, 0) is 4.74 Å². The van der Waals surface area contributed by atoms with Crippen LogP contribution in [0, 0.1) is 0 Å². The average molecular weight is 160 g/mol. The number of ether oxygens (including phenoxy) is 1. The van der Waals surface area contributed by atoms with Gasteiger partial charge in [0.15, 0.2) is 0 Å². The fraction of sp³-hybridized carbons (Fsp3) is 1.00. The van der Waals surface area contributed by atoms with Gasteiger partial charge in [0, 0.05) is 13.2 Å². The Labute approximate surface area is 69.7 Å². The number of nitrogens with one attached hydrogen (secondary N) is 1. The van der Waals surface area contributed by atoms with Gasteiger partial charge in [0.1, 0.15) is 6.23 Å². The van der Waals surface area contributed by atoms with Gasteiger partial charge in [-0.3, -0.25) is 5.32 Å². The molecule has 0 amide bonds. The van der Waals surface area contributed by atoms with Crippen LogP contribution in [0.3, 0.4) is 0 Å². The first-order valence-electron chi connectivity index (χ1n) is 4.06. The lowest BCUT2D eigenvalue weighted by atomic mass is 10.2. The number of methoxy groups -OCH3 is 1. The fourth-order valence-corrected chi connectivity index (χ4v) is 0.923. The smallest absolute Gasteiger partial charge is 0.123 e. The predicted molar refractivity (Wildman–Crippen MR) is 47.6 cm³/mol. The van der Waals surface area contributed by atoms with Gasteiger partial charge in [0.25, 0.3) is 0 Å². The first kappa shape index (κ1) is 10.9. The summed E-state index contributed by atoms with van der Waals surface area (Å²) in [6.07, 6.45) is 0.134. The van der Waals surface area contributed by atoms with E-state index in [0.717, 1.165) is 6.54 Å². The van der Waals surface area contributed by atoms with Crippen molar-refractivity contribution >= 4 is 0 Å². The summed E-state index contributed by atoms with van der Waals surface area (Å²) in [5.41, 5.74) is 0. The highest BCUT2D eigenvalue weighted by molar-refractivity contribution is 4.68. The first-order chi connectivity index (χ1) is 5.13. The first-order valence-corrected chi connectivity index (χ1v) is 4.06. The Morgan fingerprint density at radius 3 is 2.27 bits per heavy atom. The molecule has 0 heterocycles. The summed E-state index contributed by atoms with van der Waals surface area (Å²) in [6.45, 7) is 5.15. The summed E-state index contributed by atoms with van der Waals surface area (Å²) in [7, 11) is 5.83. The molecule has 0 aromatic carbocycles. The number of rotatable bonds is 5. The lowest BCUT2D eigenvalue weighted by molar-refractivity contribution is 0.0169. The highest BCUT2D eigenvalue weighted by Crippen LogP contribution is 1.99. The van der Waals surface area contributed by atoms with E-state index in [2.05, 4.69) is 24.1 Å². The summed E-state index contributed by atoms with van der Waals surface area (Å²) < 4.78 is 5.26. The molecule has 2 atom stereocenters. The zero-order valence-electron chi connectivity index (χ0n) is 8.22. The third-order valence-corrected chi connectivity index (χ3v) is 1.91. The molecule has 0 aliphatic heterocycles. The lowest BCUT2D eigenvalue weighted by Crippen LogP contribution is -2.46. The molecule has 3 heteroatoms. The molecule has 0 aromatic rings. The van der Waals surface area contributed by atoms with Gasteiger partial charge in [-0.05, 0) is 27.6 Å². The van der Waals surface area contributed by atoms with E-state index in [0.29, 0.717) is 6.04 Å².